The number of H-pyrrole nitrogens is 4. The first-order valence-electron chi connectivity index (χ1n) is 39.5. The van der Waals surface area contributed by atoms with Gasteiger partial charge in [0.05, 0.1) is 49.6 Å². The number of nitrogens with one attached hydrogen (secondary N) is 4. The summed E-state index contributed by atoms with van der Waals surface area (Å²) in [5, 5.41) is 33.4. The number of Topliss-reactive ketones (excluding diaryl/α,β-unsaturated/α-hetero) is 1. The summed E-state index contributed by atoms with van der Waals surface area (Å²) >= 11 is 0. The van der Waals surface area contributed by atoms with Crippen LogP contribution in [0, 0.1) is 0 Å². The predicted molar refractivity (Wildman–Crippen MR) is 439 cm³/mol. The lowest BCUT2D eigenvalue weighted by Crippen LogP contribution is -2.48. The molecular weight excluding hydrogens is 1440 g/mol. The maximum absolute atomic E-state index is 12.2. The summed E-state index contributed by atoms with van der Waals surface area (Å²) in [6.45, 7) is 25.3. The smallest absolute Gasteiger partial charge is 0.272 e. The number of hydrogen-bond donors (Lipinski definition) is 4. The lowest BCUT2D eigenvalue weighted by atomic mass is 9.98. The minimum atomic E-state index is -0.222. The highest BCUT2D eigenvalue weighted by molar-refractivity contribution is 6.05. The zero-order valence-electron chi connectivity index (χ0n) is 63.9. The molecule has 4 saturated heterocycles. The Morgan fingerprint density at radius 1 is 0.377 bits per heavy atom. The number of ether oxygens (including phenoxy) is 4. The third-order valence-corrected chi connectivity index (χ3v) is 22.8. The second-order valence-electron chi connectivity index (χ2n) is 30.6. The third-order valence-electron chi connectivity index (χ3n) is 22.8. The molecular formula is C88H87N17O9. The number of ketones is 1. The van der Waals surface area contributed by atoms with E-state index in [1.165, 1.54) is 36.1 Å². The minimum absolute atomic E-state index is 0.185. The molecule has 0 spiro atoms. The van der Waals surface area contributed by atoms with E-state index in [1.807, 2.05) is 103 Å². The van der Waals surface area contributed by atoms with Gasteiger partial charge in [-0.25, -0.2) is 30.4 Å². The summed E-state index contributed by atoms with van der Waals surface area (Å²) in [6.07, 6.45) is 7.71. The Hall–Kier alpha value is -12.2. The van der Waals surface area contributed by atoms with E-state index in [4.69, 9.17) is 18.9 Å². The van der Waals surface area contributed by atoms with Gasteiger partial charge in [-0.3, -0.25) is 48.5 Å². The van der Waals surface area contributed by atoms with E-state index in [0.29, 0.717) is 75.9 Å². The second kappa shape index (κ2) is 31.8. The van der Waals surface area contributed by atoms with Crippen molar-refractivity contribution in [1.29, 1.82) is 0 Å². The van der Waals surface area contributed by atoms with Gasteiger partial charge in [-0.15, -0.1) is 0 Å². The molecule has 8 aromatic carbocycles. The molecule has 0 amide bonds. The monoisotopic (exact) mass is 1530 g/mol. The van der Waals surface area contributed by atoms with E-state index in [2.05, 4.69) is 142 Å². The Labute approximate surface area is 655 Å². The molecule has 0 aliphatic carbocycles. The molecule has 13 heterocycles. The van der Waals surface area contributed by atoms with Crippen molar-refractivity contribution in [2.75, 3.05) is 103 Å². The van der Waals surface area contributed by atoms with Crippen molar-refractivity contribution in [3.05, 3.63) is 228 Å². The average molecular weight is 1530 g/mol. The standard InChI is InChI=1S/C23H20N6O2.C23H26N4O2.C22H24N4O2.C20H17N3O3/c30-22-16-3-1-4-19-20(16)21(26-27-22)17-13-15(5-6-18(17)31-19)14-28-9-11-29(12-10-28)23-24-7-2-8-25-23;1-2-3-9-26-10-12-27(13-11-26)15-16-7-8-19-18(14-16)22-21-17(23(28)25-24-22)5-4-6-20(21)29-19;1-14(2)26-10-8-25(9-11-26)13-15-6-7-18-17(12-15)21-20-16(22(27)24-23-21)4-3-5-19(20)28-18;24-13-3-2-8-23(11-13)10-12-6-7-16-15(9-12)19-18-14(20(25)22-21-19)4-1-5-17(18)26-16/h1-8,13H,9-12,14H2,(H,27,30);4-8,14H,2-3,9-13,15H2,1H3,(H,25,28);3-7,12,14H,8-11,13H2,1-2H3,(H,24,27);1,4-7,9H,2-3,8,10-11H2,(H,22,25). The number of aromatic nitrogens is 10. The van der Waals surface area contributed by atoms with Gasteiger partial charge in [0, 0.05) is 152 Å². The van der Waals surface area contributed by atoms with Crippen molar-refractivity contribution in [3.8, 4) is 91.0 Å². The molecule has 26 heteroatoms. The fourth-order valence-electron chi connectivity index (χ4n) is 16.8. The normalized spacial score (nSPS) is 16.4. The summed E-state index contributed by atoms with van der Waals surface area (Å²) in [5.41, 5.74) is 10.7. The van der Waals surface area contributed by atoms with Crippen LogP contribution in [0.5, 0.6) is 46.0 Å². The molecule has 0 bridgehead atoms. The van der Waals surface area contributed by atoms with Gasteiger partial charge >= 0.3 is 0 Å². The number of hydrogen-bond acceptors (Lipinski definition) is 22. The number of carbonyl (C=O) groups is 1. The number of anilines is 1. The molecule has 5 aromatic heterocycles. The number of aromatic amines is 4. The van der Waals surface area contributed by atoms with Crippen LogP contribution >= 0.6 is 0 Å². The van der Waals surface area contributed by atoms with Crippen LogP contribution < -0.4 is 46.1 Å². The van der Waals surface area contributed by atoms with Crippen molar-refractivity contribution < 1.29 is 23.7 Å². The molecule has 26 nitrogen and oxygen atoms in total. The fraction of sp³-hybridized carbons (Fsp3) is 0.307. The zero-order chi connectivity index (χ0) is 77.5. The van der Waals surface area contributed by atoms with Gasteiger partial charge in [0.15, 0.2) is 0 Å². The summed E-state index contributed by atoms with van der Waals surface area (Å²) in [6, 6.07) is 49.3. The Balaban J connectivity index is 0.000000106. The Bertz CT molecular complexity index is 6100. The summed E-state index contributed by atoms with van der Waals surface area (Å²) in [4.78, 5) is 85.9. The van der Waals surface area contributed by atoms with Crippen molar-refractivity contribution in [3.63, 3.8) is 0 Å². The number of benzene rings is 8. The van der Waals surface area contributed by atoms with Gasteiger partial charge in [0.1, 0.15) is 74.6 Å². The average Bonchev–Trinajstić information content (AvgIpc) is 0.761. The van der Waals surface area contributed by atoms with Crippen LogP contribution in [0.2, 0.25) is 0 Å². The molecule has 0 radical (unpaired) electrons. The molecule has 0 saturated carbocycles. The maximum atomic E-state index is 12.2. The molecule has 8 aliphatic rings. The van der Waals surface area contributed by atoms with Crippen LogP contribution in [0.25, 0.3) is 88.1 Å². The highest BCUT2D eigenvalue weighted by Gasteiger charge is 2.31. The predicted octanol–water partition coefficient (Wildman–Crippen LogP) is 12.5. The van der Waals surface area contributed by atoms with Gasteiger partial charge in [-0.2, -0.15) is 20.4 Å². The molecule has 21 rings (SSSR count). The van der Waals surface area contributed by atoms with E-state index in [9.17, 15) is 24.0 Å². The molecule has 578 valence electrons. The lowest BCUT2D eigenvalue weighted by molar-refractivity contribution is -0.122. The van der Waals surface area contributed by atoms with Crippen LogP contribution in [0.15, 0.2) is 183 Å². The Morgan fingerprint density at radius 3 is 1.07 bits per heavy atom. The first kappa shape index (κ1) is 73.3. The maximum Gasteiger partial charge on any atom is 0.272 e. The van der Waals surface area contributed by atoms with Gasteiger partial charge in [0.25, 0.3) is 22.2 Å². The molecule has 4 N–H and O–H groups in total. The van der Waals surface area contributed by atoms with Crippen LogP contribution in [0.1, 0.15) is 68.7 Å². The van der Waals surface area contributed by atoms with Crippen molar-refractivity contribution in [1.82, 2.24) is 80.2 Å². The number of nitrogens with zero attached hydrogens (tertiary/aromatic N) is 13. The van der Waals surface area contributed by atoms with Crippen LogP contribution in [-0.4, -0.2) is 190 Å². The number of rotatable bonds is 13. The first-order chi connectivity index (χ1) is 55.8. The summed E-state index contributed by atoms with van der Waals surface area (Å²) < 4.78 is 24.3. The van der Waals surface area contributed by atoms with Gasteiger partial charge in [-0.1, -0.05) is 61.9 Å². The van der Waals surface area contributed by atoms with Crippen LogP contribution in [-0.2, 0) is 31.0 Å². The topological polar surface area (TPSA) is 285 Å². The number of piperidine rings is 1. The summed E-state index contributed by atoms with van der Waals surface area (Å²) in [7, 11) is 0. The first-order valence-corrected chi connectivity index (χ1v) is 39.5. The van der Waals surface area contributed by atoms with E-state index in [-0.39, 0.29) is 22.2 Å². The number of piperazine rings is 3. The molecule has 4 fully saturated rings. The molecule has 8 aliphatic heterocycles. The Kier molecular flexibility index (Phi) is 20.4. The van der Waals surface area contributed by atoms with Gasteiger partial charge in [-0.05, 0) is 165 Å². The van der Waals surface area contributed by atoms with Crippen LogP contribution in [0.4, 0.5) is 5.95 Å². The second-order valence-corrected chi connectivity index (χ2v) is 30.6. The number of unbranched alkanes of at least 4 members (excludes halogenated alkanes) is 1. The number of likely N-dealkylation sites (tertiary alicyclic amines) is 1. The highest BCUT2D eigenvalue weighted by atomic mass is 16.5. The minimum Gasteiger partial charge on any atom is -0.456 e. The van der Waals surface area contributed by atoms with Crippen molar-refractivity contribution >= 4 is 54.8 Å². The van der Waals surface area contributed by atoms with Crippen LogP contribution in [0.3, 0.4) is 0 Å². The van der Waals surface area contributed by atoms with Gasteiger partial charge < -0.3 is 28.7 Å². The molecule has 13 aromatic rings. The van der Waals surface area contributed by atoms with Crippen molar-refractivity contribution in [2.45, 2.75) is 78.7 Å². The molecule has 0 unspecified atom stereocenters. The van der Waals surface area contributed by atoms with E-state index >= 15 is 0 Å². The summed E-state index contributed by atoms with van der Waals surface area (Å²) in [5.74, 6) is 6.86. The quantitative estimate of drug-likeness (QED) is 0.0834. The zero-order valence-corrected chi connectivity index (χ0v) is 63.9. The van der Waals surface area contributed by atoms with E-state index in [0.717, 1.165) is 212 Å². The Morgan fingerprint density at radius 2 is 0.719 bits per heavy atom. The third kappa shape index (κ3) is 14.9. The highest BCUT2D eigenvalue weighted by Crippen LogP contribution is 2.49. The molecule has 0 atom stereocenters. The number of carbonyl (C=O) groups excluding carboxylic acids is 1. The van der Waals surface area contributed by atoms with E-state index in [1.54, 1.807) is 24.5 Å². The largest absolute Gasteiger partial charge is 0.456 e. The van der Waals surface area contributed by atoms with Gasteiger partial charge in [0.2, 0.25) is 5.95 Å². The van der Waals surface area contributed by atoms with E-state index < -0.39 is 0 Å². The SMILES string of the molecule is CC(C)N1CCN(Cc2ccc3c(c2)-c2n[nH]c(=O)c4cccc(c24)O3)CC1.CCCCN1CCN(Cc2ccc3c(c2)-c2n[nH]c(=O)c4cccc(c24)O3)CC1.O=C1CCCN(Cc2ccc3c(c2)-c2n[nH]c(=O)c4cccc(c24)O3)C1.O=c1[nH]nc2c3c(cccc13)Oc1ccc(CN3CCN(c4ncccn4)CC3)cc1-2. The molecule has 114 heavy (non-hydrogen) atoms. The number of fused-ring (bicyclic) bond motifs is 8. The van der Waals surface area contributed by atoms with Crippen molar-refractivity contribution in [2.24, 2.45) is 0 Å². The lowest BCUT2D eigenvalue weighted by Gasteiger charge is -2.37. The fourth-order valence-corrected chi connectivity index (χ4v) is 16.8.